The first-order chi connectivity index (χ1) is 13.3. The Hall–Kier alpha value is -2.17. The summed E-state index contributed by atoms with van der Waals surface area (Å²) < 4.78 is 5.69. The number of hydrogen-bond acceptors (Lipinski definition) is 3. The van der Waals surface area contributed by atoms with Gasteiger partial charge in [-0.3, -0.25) is 4.79 Å². The molecular weight excluding hydrogens is 336 g/mol. The van der Waals surface area contributed by atoms with Crippen LogP contribution in [0.25, 0.3) is 0 Å². The van der Waals surface area contributed by atoms with Crippen molar-refractivity contribution in [1.29, 1.82) is 0 Å². The molecule has 0 saturated carbocycles. The van der Waals surface area contributed by atoms with Crippen molar-refractivity contribution in [3.05, 3.63) is 71.8 Å². The molecule has 3 rings (SSSR count). The zero-order valence-corrected chi connectivity index (χ0v) is 15.9. The topological polar surface area (TPSA) is 55.6 Å². The van der Waals surface area contributed by atoms with Crippen LogP contribution in [0.3, 0.4) is 0 Å². The van der Waals surface area contributed by atoms with E-state index < -0.39 is 0 Å². The number of ether oxygens (including phenoxy) is 1. The molecule has 4 heteroatoms. The normalized spacial score (nSPS) is 19.4. The van der Waals surface area contributed by atoms with E-state index in [-0.39, 0.29) is 5.91 Å². The second-order valence-corrected chi connectivity index (χ2v) is 7.26. The van der Waals surface area contributed by atoms with E-state index in [9.17, 15) is 4.79 Å². The fraction of sp³-hybridized carbons (Fsp3) is 0.435. The number of benzene rings is 2. The first-order valence-electron chi connectivity index (χ1n) is 9.92. The van der Waals surface area contributed by atoms with E-state index in [2.05, 4.69) is 36.4 Å². The highest BCUT2D eigenvalue weighted by atomic mass is 16.5. The quantitative estimate of drug-likeness (QED) is 0.693. The molecule has 1 amide bonds. The minimum Gasteiger partial charge on any atom is -0.381 e. The van der Waals surface area contributed by atoms with Gasteiger partial charge in [0.15, 0.2) is 0 Å². The molecule has 1 saturated heterocycles. The maximum Gasteiger partial charge on any atom is 0.222 e. The predicted molar refractivity (Wildman–Crippen MR) is 109 cm³/mol. The highest BCUT2D eigenvalue weighted by molar-refractivity contribution is 5.76. The molecule has 0 unspecified atom stereocenters. The van der Waals surface area contributed by atoms with Crippen LogP contribution in [0.2, 0.25) is 0 Å². The molecule has 144 valence electrons. The van der Waals surface area contributed by atoms with Gasteiger partial charge < -0.3 is 15.4 Å². The molecule has 1 aliphatic heterocycles. The highest BCUT2D eigenvalue weighted by Crippen LogP contribution is 2.32. The van der Waals surface area contributed by atoms with Gasteiger partial charge in [-0.15, -0.1) is 0 Å². The summed E-state index contributed by atoms with van der Waals surface area (Å²) in [5, 5.41) is 0. The van der Waals surface area contributed by atoms with E-state index in [4.69, 9.17) is 10.5 Å². The summed E-state index contributed by atoms with van der Waals surface area (Å²) in [6.45, 7) is 3.50. The van der Waals surface area contributed by atoms with E-state index in [1.54, 1.807) is 0 Å². The Balaban J connectivity index is 1.37. The van der Waals surface area contributed by atoms with Gasteiger partial charge in [-0.1, -0.05) is 60.7 Å². The molecule has 0 radical (unpaired) electrons. The lowest BCUT2D eigenvalue weighted by Gasteiger charge is -2.17. The standard InChI is InChI=1S/C23H30N2O2/c24-16-21-17-25(18-22(21)20-10-5-2-6-11-20)23(26)12-7-14-27-15-13-19-8-3-1-4-9-19/h1-6,8-11,21-22H,7,12-18,24H2/t21-,22+/m1/s1. The van der Waals surface area contributed by atoms with Gasteiger partial charge >= 0.3 is 0 Å². The van der Waals surface area contributed by atoms with Crippen LogP contribution in [-0.4, -0.2) is 43.7 Å². The summed E-state index contributed by atoms with van der Waals surface area (Å²) >= 11 is 0. The third kappa shape index (κ3) is 5.65. The predicted octanol–water partition coefficient (Wildman–Crippen LogP) is 3.23. The summed E-state index contributed by atoms with van der Waals surface area (Å²) in [7, 11) is 0. The number of nitrogens with two attached hydrogens (primary N) is 1. The summed E-state index contributed by atoms with van der Waals surface area (Å²) in [6, 6.07) is 20.7. The van der Waals surface area contributed by atoms with Gasteiger partial charge in [0.2, 0.25) is 5.91 Å². The SMILES string of the molecule is NC[C@@H]1CN(C(=O)CCCOCCc2ccccc2)C[C@H]1c1ccccc1. The van der Waals surface area contributed by atoms with E-state index in [1.807, 2.05) is 29.2 Å². The Bertz CT molecular complexity index is 690. The van der Waals surface area contributed by atoms with E-state index in [0.29, 0.717) is 38.0 Å². The summed E-state index contributed by atoms with van der Waals surface area (Å²) in [5.74, 6) is 0.916. The Kier molecular flexibility index (Phi) is 7.43. The minimum absolute atomic E-state index is 0.221. The molecular formula is C23H30N2O2. The highest BCUT2D eigenvalue weighted by Gasteiger charge is 2.34. The summed E-state index contributed by atoms with van der Waals surface area (Å²) in [5.41, 5.74) is 8.54. The molecule has 1 fully saturated rings. The monoisotopic (exact) mass is 366 g/mol. The molecule has 0 aromatic heterocycles. The number of amides is 1. The van der Waals surface area contributed by atoms with Crippen LogP contribution in [0.15, 0.2) is 60.7 Å². The maximum absolute atomic E-state index is 12.6. The van der Waals surface area contributed by atoms with Gasteiger partial charge in [0.25, 0.3) is 0 Å². The average Bonchev–Trinajstić information content (AvgIpc) is 3.16. The zero-order valence-electron chi connectivity index (χ0n) is 15.9. The molecule has 0 bridgehead atoms. The number of hydrogen-bond donors (Lipinski definition) is 1. The van der Waals surface area contributed by atoms with Crippen molar-refractivity contribution in [1.82, 2.24) is 4.90 Å². The molecule has 1 heterocycles. The third-order valence-electron chi connectivity index (χ3n) is 5.38. The fourth-order valence-electron chi connectivity index (χ4n) is 3.81. The molecule has 2 N–H and O–H groups in total. The first-order valence-corrected chi connectivity index (χ1v) is 9.92. The molecule has 2 aromatic rings. The lowest BCUT2D eigenvalue weighted by Crippen LogP contribution is -2.29. The molecule has 27 heavy (non-hydrogen) atoms. The van der Waals surface area contributed by atoms with Gasteiger partial charge in [0.05, 0.1) is 6.61 Å². The van der Waals surface area contributed by atoms with Crippen molar-refractivity contribution >= 4 is 5.91 Å². The van der Waals surface area contributed by atoms with Crippen LogP contribution in [-0.2, 0) is 16.0 Å². The van der Waals surface area contributed by atoms with Crippen molar-refractivity contribution in [2.75, 3.05) is 32.8 Å². The third-order valence-corrected chi connectivity index (χ3v) is 5.38. The second kappa shape index (κ2) is 10.2. The summed E-state index contributed by atoms with van der Waals surface area (Å²) in [6.07, 6.45) is 2.23. The zero-order chi connectivity index (χ0) is 18.9. The Morgan fingerprint density at radius 3 is 2.41 bits per heavy atom. The number of rotatable bonds is 9. The van der Waals surface area contributed by atoms with Gasteiger partial charge in [-0.2, -0.15) is 0 Å². The summed E-state index contributed by atoms with van der Waals surface area (Å²) in [4.78, 5) is 14.6. The van der Waals surface area contributed by atoms with Gasteiger partial charge in [-0.25, -0.2) is 0 Å². The Labute approximate surface area is 162 Å². The lowest BCUT2D eigenvalue weighted by molar-refractivity contribution is -0.130. The van der Waals surface area contributed by atoms with Crippen molar-refractivity contribution in [2.45, 2.75) is 25.2 Å². The van der Waals surface area contributed by atoms with E-state index in [0.717, 1.165) is 25.9 Å². The molecule has 2 aromatic carbocycles. The van der Waals surface area contributed by atoms with Crippen molar-refractivity contribution in [3.63, 3.8) is 0 Å². The number of nitrogens with zero attached hydrogens (tertiary/aromatic N) is 1. The van der Waals surface area contributed by atoms with Gasteiger partial charge in [-0.05, 0) is 36.4 Å². The lowest BCUT2D eigenvalue weighted by atomic mass is 9.89. The number of likely N-dealkylation sites (tertiary alicyclic amines) is 1. The van der Waals surface area contributed by atoms with Crippen LogP contribution in [0.1, 0.15) is 29.9 Å². The number of carbonyl (C=O) groups excluding carboxylic acids is 1. The first kappa shape index (κ1) is 19.6. The van der Waals surface area contributed by atoms with Gasteiger partial charge in [0, 0.05) is 32.0 Å². The molecule has 1 aliphatic rings. The van der Waals surface area contributed by atoms with Crippen LogP contribution in [0.4, 0.5) is 0 Å². The average molecular weight is 367 g/mol. The molecule has 2 atom stereocenters. The van der Waals surface area contributed by atoms with Crippen molar-refractivity contribution in [2.24, 2.45) is 11.7 Å². The molecule has 0 spiro atoms. The van der Waals surface area contributed by atoms with Crippen LogP contribution in [0, 0.1) is 5.92 Å². The Morgan fingerprint density at radius 1 is 1.00 bits per heavy atom. The molecule has 4 nitrogen and oxygen atoms in total. The van der Waals surface area contributed by atoms with Crippen LogP contribution >= 0.6 is 0 Å². The van der Waals surface area contributed by atoms with E-state index >= 15 is 0 Å². The van der Waals surface area contributed by atoms with Crippen LogP contribution in [0.5, 0.6) is 0 Å². The van der Waals surface area contributed by atoms with Crippen molar-refractivity contribution in [3.8, 4) is 0 Å². The largest absolute Gasteiger partial charge is 0.381 e. The maximum atomic E-state index is 12.6. The smallest absolute Gasteiger partial charge is 0.222 e. The van der Waals surface area contributed by atoms with Crippen LogP contribution < -0.4 is 5.73 Å². The second-order valence-electron chi connectivity index (χ2n) is 7.26. The van der Waals surface area contributed by atoms with E-state index in [1.165, 1.54) is 11.1 Å². The molecule has 0 aliphatic carbocycles. The Morgan fingerprint density at radius 2 is 1.70 bits per heavy atom. The van der Waals surface area contributed by atoms with Gasteiger partial charge in [0.1, 0.15) is 0 Å². The van der Waals surface area contributed by atoms with Crippen molar-refractivity contribution < 1.29 is 9.53 Å². The fourth-order valence-corrected chi connectivity index (χ4v) is 3.81. The number of carbonyl (C=O) groups is 1. The minimum atomic E-state index is 0.221.